The van der Waals surface area contributed by atoms with E-state index in [9.17, 15) is 4.39 Å². The van der Waals surface area contributed by atoms with Gasteiger partial charge in [0.05, 0.1) is 12.6 Å². The van der Waals surface area contributed by atoms with Gasteiger partial charge in [0, 0.05) is 18.0 Å². The highest BCUT2D eigenvalue weighted by Gasteiger charge is 2.18. The van der Waals surface area contributed by atoms with Gasteiger partial charge >= 0.3 is 0 Å². The normalized spacial score (nSPS) is 19.8. The lowest BCUT2D eigenvalue weighted by molar-refractivity contribution is 0.177. The van der Waals surface area contributed by atoms with Gasteiger partial charge in [0.25, 0.3) is 0 Å². The zero-order valence-corrected chi connectivity index (χ0v) is 16.6. The number of likely N-dealkylation sites (N-methyl/N-ethyl adjacent to an activating group) is 1. The van der Waals surface area contributed by atoms with Crippen molar-refractivity contribution in [2.45, 2.75) is 24.9 Å². The van der Waals surface area contributed by atoms with E-state index in [4.69, 9.17) is 27.9 Å². The number of alkyl halides is 1. The van der Waals surface area contributed by atoms with E-state index >= 15 is 0 Å². The largest absolute Gasteiger partial charge is 0.473 e. The number of hydrogen-bond donors (Lipinski definition) is 2. The Hall–Kier alpha value is -1.20. The van der Waals surface area contributed by atoms with Crippen molar-refractivity contribution >= 4 is 38.7 Å². The number of halogens is 3. The maximum Gasteiger partial charge on any atom is 0.232 e. The molecule has 136 valence electrons. The van der Waals surface area contributed by atoms with Crippen molar-refractivity contribution in [2.24, 2.45) is 4.99 Å². The smallest absolute Gasteiger partial charge is 0.232 e. The minimum Gasteiger partial charge on any atom is -0.473 e. The molecule has 2 rings (SSSR count). The Labute approximate surface area is 158 Å². The van der Waals surface area contributed by atoms with Crippen molar-refractivity contribution in [1.29, 1.82) is 0 Å². The van der Waals surface area contributed by atoms with E-state index in [1.54, 1.807) is 24.7 Å². The van der Waals surface area contributed by atoms with Crippen molar-refractivity contribution in [3.8, 4) is 5.88 Å². The number of hydrogen-bond acceptors (Lipinski definition) is 5. The third kappa shape index (κ3) is 6.23. The second kappa shape index (κ2) is 8.95. The second-order valence-corrected chi connectivity index (χ2v) is 7.70. The summed E-state index contributed by atoms with van der Waals surface area (Å²) in [4.78, 5) is 8.50. The lowest BCUT2D eigenvalue weighted by Gasteiger charge is -2.19. The van der Waals surface area contributed by atoms with E-state index in [-0.39, 0.29) is 18.5 Å². The van der Waals surface area contributed by atoms with Crippen molar-refractivity contribution in [3.05, 3.63) is 45.9 Å². The molecule has 0 radical (unpaired) electrons. The summed E-state index contributed by atoms with van der Waals surface area (Å²) < 4.78 is 18.7. The highest BCUT2D eigenvalue weighted by molar-refractivity contribution is 7.18. The summed E-state index contributed by atoms with van der Waals surface area (Å²) in [6.45, 7) is 1.62. The van der Waals surface area contributed by atoms with Crippen LogP contribution in [0.3, 0.4) is 0 Å². The molecule has 3 atom stereocenters. The highest BCUT2D eigenvalue weighted by atomic mass is 35.5. The molecule has 0 saturated heterocycles. The van der Waals surface area contributed by atoms with Gasteiger partial charge in [-0.3, -0.25) is 4.99 Å². The number of nitrogens with zero attached hydrogens (tertiary/aromatic N) is 2. The van der Waals surface area contributed by atoms with Gasteiger partial charge in [-0.05, 0) is 37.9 Å². The van der Waals surface area contributed by atoms with E-state index in [1.807, 2.05) is 13.1 Å². The molecular formula is C16H20Cl2FN4OP. The lowest BCUT2D eigenvalue weighted by Crippen LogP contribution is -2.31. The number of aliphatic imine (C=N–C) groups is 1. The van der Waals surface area contributed by atoms with Gasteiger partial charge in [-0.1, -0.05) is 32.4 Å². The van der Waals surface area contributed by atoms with Gasteiger partial charge in [0.15, 0.2) is 5.41 Å². The van der Waals surface area contributed by atoms with E-state index in [0.717, 1.165) is 11.1 Å². The molecule has 0 amide bonds. The van der Waals surface area contributed by atoms with E-state index in [0.29, 0.717) is 16.7 Å². The molecule has 0 bridgehead atoms. The molecule has 1 aromatic rings. The second-order valence-electron chi connectivity index (χ2n) is 5.71. The van der Waals surface area contributed by atoms with Gasteiger partial charge in [-0.15, -0.1) is 0 Å². The van der Waals surface area contributed by atoms with Crippen LogP contribution >= 0.6 is 32.4 Å². The molecule has 0 fully saturated rings. The molecule has 5 nitrogen and oxygen atoms in total. The average molecular weight is 405 g/mol. The van der Waals surface area contributed by atoms with Crippen molar-refractivity contribution in [2.75, 3.05) is 13.7 Å². The molecule has 0 spiro atoms. The summed E-state index contributed by atoms with van der Waals surface area (Å²) in [7, 11) is 3.91. The summed E-state index contributed by atoms with van der Waals surface area (Å²) in [5.41, 5.74) is 1.65. The summed E-state index contributed by atoms with van der Waals surface area (Å²) in [6.07, 6.45) is 7.03. The Morgan fingerprint density at radius 2 is 2.32 bits per heavy atom. The Kier molecular flexibility index (Phi) is 7.20. The van der Waals surface area contributed by atoms with E-state index < -0.39 is 5.41 Å². The number of pyridine rings is 1. The van der Waals surface area contributed by atoms with Gasteiger partial charge in [0.1, 0.15) is 16.8 Å². The molecule has 1 aromatic heterocycles. The first-order chi connectivity index (χ1) is 11.8. The van der Waals surface area contributed by atoms with Crippen LogP contribution in [0.15, 0.2) is 40.3 Å². The zero-order valence-electron chi connectivity index (χ0n) is 13.9. The monoisotopic (exact) mass is 404 g/mol. The summed E-state index contributed by atoms with van der Waals surface area (Å²) >= 11 is 12.3. The van der Waals surface area contributed by atoms with Crippen LogP contribution in [0.4, 0.5) is 4.39 Å². The number of nitrogens with one attached hydrogen (secondary N) is 2. The van der Waals surface area contributed by atoms with Crippen molar-refractivity contribution in [3.63, 3.8) is 0 Å². The van der Waals surface area contributed by atoms with E-state index in [1.165, 1.54) is 6.92 Å². The molecule has 2 N–H and O–H groups in total. The minimum atomic E-state index is -1.53. The molecule has 0 saturated carbocycles. The summed E-state index contributed by atoms with van der Waals surface area (Å²) in [5.74, 6) is 0.198. The Balaban J connectivity index is 2.00. The predicted octanol–water partition coefficient (Wildman–Crippen LogP) is 3.40. The first kappa shape index (κ1) is 20.1. The lowest BCUT2D eigenvalue weighted by atomic mass is 10.1. The minimum absolute atomic E-state index is 0.00286. The van der Waals surface area contributed by atoms with Gasteiger partial charge in [-0.25, -0.2) is 9.37 Å². The average Bonchev–Trinajstić information content (AvgIpc) is 2.54. The zero-order chi connectivity index (χ0) is 18.4. The van der Waals surface area contributed by atoms with Crippen LogP contribution in [0.25, 0.3) is 0 Å². The number of rotatable bonds is 7. The molecular weight excluding hydrogens is 385 g/mol. The van der Waals surface area contributed by atoms with Crippen LogP contribution in [-0.2, 0) is 6.54 Å². The van der Waals surface area contributed by atoms with Crippen LogP contribution in [0.2, 0.25) is 5.02 Å². The number of dihydropyridines is 1. The van der Waals surface area contributed by atoms with Crippen LogP contribution in [0.1, 0.15) is 12.5 Å². The summed E-state index contributed by atoms with van der Waals surface area (Å²) in [5, 5.41) is 5.38. The molecule has 2 heterocycles. The van der Waals surface area contributed by atoms with Crippen LogP contribution in [0.5, 0.6) is 5.88 Å². The van der Waals surface area contributed by atoms with Gasteiger partial charge in [-0.2, -0.15) is 0 Å². The molecule has 0 aromatic carbocycles. The standard InChI is InChI=1S/C16H20Cl2FN4OP/c1-16(19,25)9-24-15-12(17)5-10(7-23-15)6-21-8-11-13(20-2)3-4-22-14(11)18/h3-5,7-8,13,20,22H,6,9,25H2,1-2H3. The van der Waals surface area contributed by atoms with Crippen LogP contribution in [0, 0.1) is 0 Å². The SMILES string of the molecule is CNC1C=CNC(Cl)=C1C=NCc1cnc(OCC(C)(F)P)c(Cl)c1. The van der Waals surface area contributed by atoms with Crippen molar-refractivity contribution in [1.82, 2.24) is 15.6 Å². The number of ether oxygens (including phenoxy) is 1. The molecule has 0 aliphatic carbocycles. The Bertz CT molecular complexity index is 704. The van der Waals surface area contributed by atoms with Gasteiger partial charge in [0.2, 0.25) is 5.88 Å². The van der Waals surface area contributed by atoms with Crippen molar-refractivity contribution < 1.29 is 9.13 Å². The molecule has 1 aliphatic heterocycles. The summed E-state index contributed by atoms with van der Waals surface area (Å²) in [6, 6.07) is 1.70. The third-order valence-electron chi connectivity index (χ3n) is 3.26. The fourth-order valence-corrected chi connectivity index (χ4v) is 2.60. The fourth-order valence-electron chi connectivity index (χ4n) is 2.05. The van der Waals surface area contributed by atoms with Gasteiger partial charge < -0.3 is 15.4 Å². The molecule has 9 heteroatoms. The Morgan fingerprint density at radius 1 is 1.56 bits per heavy atom. The maximum atomic E-state index is 13.4. The molecule has 25 heavy (non-hydrogen) atoms. The molecule has 3 unspecified atom stereocenters. The number of aromatic nitrogens is 1. The predicted molar refractivity (Wildman–Crippen MR) is 104 cm³/mol. The topological polar surface area (TPSA) is 58.5 Å². The Morgan fingerprint density at radius 3 is 2.96 bits per heavy atom. The van der Waals surface area contributed by atoms with E-state index in [2.05, 4.69) is 29.8 Å². The van der Waals surface area contributed by atoms with Crippen LogP contribution in [-0.4, -0.2) is 36.3 Å². The maximum absolute atomic E-state index is 13.4. The first-order valence-electron chi connectivity index (χ1n) is 7.55. The molecule has 1 aliphatic rings. The van der Waals surface area contributed by atoms with Crippen LogP contribution < -0.4 is 15.4 Å². The first-order valence-corrected chi connectivity index (χ1v) is 8.88. The highest BCUT2D eigenvalue weighted by Crippen LogP contribution is 2.26. The third-order valence-corrected chi connectivity index (χ3v) is 4.02. The quantitative estimate of drug-likeness (QED) is 0.415. The fraction of sp³-hybridized carbons (Fsp3) is 0.375.